The Hall–Kier alpha value is -1.36. The predicted octanol–water partition coefficient (Wildman–Crippen LogP) is 0.860. The topological polar surface area (TPSA) is 67.2 Å². The first-order chi connectivity index (χ1) is 7.63. The van der Waals surface area contributed by atoms with Crippen molar-refractivity contribution in [2.75, 3.05) is 0 Å². The van der Waals surface area contributed by atoms with Crippen LogP contribution in [0.2, 0.25) is 0 Å². The smallest absolute Gasteiger partial charge is 0.321 e. The standard InChI is InChI=1S/C11H17N3O2/c1-3-4-7-10-8(12-6-14(10)2)5-9(13-7)11(15)16/h6-7,9,13H,3-5H2,1-2H3,(H,15,16)/t7?,9-/m1/s1. The fourth-order valence-corrected chi connectivity index (χ4v) is 2.33. The van der Waals surface area contributed by atoms with Gasteiger partial charge in [-0.05, 0) is 6.42 Å². The van der Waals surface area contributed by atoms with E-state index in [2.05, 4.69) is 17.2 Å². The van der Waals surface area contributed by atoms with Crippen LogP contribution in [0.4, 0.5) is 0 Å². The summed E-state index contributed by atoms with van der Waals surface area (Å²) >= 11 is 0. The Kier molecular flexibility index (Phi) is 2.96. The van der Waals surface area contributed by atoms with Crippen LogP contribution in [0.3, 0.4) is 0 Å². The summed E-state index contributed by atoms with van der Waals surface area (Å²) in [6.07, 6.45) is 4.20. The van der Waals surface area contributed by atoms with Crippen molar-refractivity contribution >= 4 is 5.97 Å². The molecule has 1 aromatic heterocycles. The quantitative estimate of drug-likeness (QED) is 0.797. The average Bonchev–Trinajstić information content (AvgIpc) is 2.61. The molecule has 2 rings (SSSR count). The van der Waals surface area contributed by atoms with Crippen LogP contribution in [0.25, 0.3) is 0 Å². The zero-order chi connectivity index (χ0) is 11.7. The summed E-state index contributed by atoms with van der Waals surface area (Å²) in [7, 11) is 1.96. The minimum absolute atomic E-state index is 0.113. The van der Waals surface area contributed by atoms with E-state index < -0.39 is 12.0 Å². The number of hydrogen-bond acceptors (Lipinski definition) is 3. The van der Waals surface area contributed by atoms with E-state index in [1.54, 1.807) is 6.33 Å². The number of imidazole rings is 1. The fraction of sp³-hybridized carbons (Fsp3) is 0.636. The highest BCUT2D eigenvalue weighted by molar-refractivity contribution is 5.74. The molecule has 0 bridgehead atoms. The molecule has 0 amide bonds. The largest absolute Gasteiger partial charge is 0.480 e. The van der Waals surface area contributed by atoms with Crippen LogP contribution in [0.1, 0.15) is 37.2 Å². The monoisotopic (exact) mass is 223 g/mol. The molecule has 0 spiro atoms. The van der Waals surface area contributed by atoms with Gasteiger partial charge in [-0.15, -0.1) is 0 Å². The van der Waals surface area contributed by atoms with Crippen LogP contribution in [-0.4, -0.2) is 26.7 Å². The average molecular weight is 223 g/mol. The molecular weight excluding hydrogens is 206 g/mol. The van der Waals surface area contributed by atoms with E-state index in [1.807, 2.05) is 11.6 Å². The molecule has 2 atom stereocenters. The second kappa shape index (κ2) is 4.25. The Morgan fingerprint density at radius 2 is 2.50 bits per heavy atom. The molecule has 0 saturated carbocycles. The third-order valence-electron chi connectivity index (χ3n) is 3.07. The number of aromatic nitrogens is 2. The van der Waals surface area contributed by atoms with Crippen molar-refractivity contribution < 1.29 is 9.90 Å². The minimum Gasteiger partial charge on any atom is -0.480 e. The van der Waals surface area contributed by atoms with E-state index >= 15 is 0 Å². The third kappa shape index (κ3) is 1.82. The van der Waals surface area contributed by atoms with Crippen LogP contribution >= 0.6 is 0 Å². The van der Waals surface area contributed by atoms with Gasteiger partial charge in [-0.25, -0.2) is 4.98 Å². The maximum atomic E-state index is 11.0. The molecule has 0 aliphatic carbocycles. The van der Waals surface area contributed by atoms with Crippen LogP contribution < -0.4 is 5.32 Å². The number of carboxylic acids is 1. The number of nitrogens with zero attached hydrogens (tertiary/aromatic N) is 2. The minimum atomic E-state index is -0.794. The second-order valence-electron chi connectivity index (χ2n) is 4.29. The molecule has 2 heterocycles. The molecule has 1 aliphatic heterocycles. The van der Waals surface area contributed by atoms with E-state index in [0.29, 0.717) is 6.42 Å². The number of carboxylic acid groups (broad SMARTS) is 1. The van der Waals surface area contributed by atoms with Gasteiger partial charge in [-0.1, -0.05) is 13.3 Å². The lowest BCUT2D eigenvalue weighted by Crippen LogP contribution is -2.45. The van der Waals surface area contributed by atoms with Crippen LogP contribution in [0.5, 0.6) is 0 Å². The summed E-state index contributed by atoms with van der Waals surface area (Å²) in [5.74, 6) is -0.794. The number of aryl methyl sites for hydroxylation is 1. The van der Waals surface area contributed by atoms with Crippen molar-refractivity contribution in [2.45, 2.75) is 38.3 Å². The molecule has 0 aromatic carbocycles. The summed E-state index contributed by atoms with van der Waals surface area (Å²) < 4.78 is 1.99. The maximum Gasteiger partial charge on any atom is 0.321 e. The van der Waals surface area contributed by atoms with Gasteiger partial charge in [0.05, 0.1) is 23.8 Å². The van der Waals surface area contributed by atoms with Crippen LogP contribution in [-0.2, 0) is 18.3 Å². The second-order valence-corrected chi connectivity index (χ2v) is 4.29. The van der Waals surface area contributed by atoms with Crippen molar-refractivity contribution in [1.29, 1.82) is 0 Å². The molecule has 16 heavy (non-hydrogen) atoms. The van der Waals surface area contributed by atoms with Crippen molar-refractivity contribution in [1.82, 2.24) is 14.9 Å². The number of fused-ring (bicyclic) bond motifs is 1. The number of aliphatic carboxylic acids is 1. The van der Waals surface area contributed by atoms with Crippen LogP contribution in [0.15, 0.2) is 6.33 Å². The van der Waals surface area contributed by atoms with E-state index in [-0.39, 0.29) is 6.04 Å². The summed E-state index contributed by atoms with van der Waals surface area (Å²) in [5, 5.41) is 12.2. The van der Waals surface area contributed by atoms with Crippen molar-refractivity contribution in [3.05, 3.63) is 17.7 Å². The van der Waals surface area contributed by atoms with Gasteiger partial charge in [-0.2, -0.15) is 0 Å². The van der Waals surface area contributed by atoms with Gasteiger partial charge in [0.2, 0.25) is 0 Å². The van der Waals surface area contributed by atoms with Gasteiger partial charge in [0.15, 0.2) is 0 Å². The molecule has 88 valence electrons. The molecule has 0 saturated heterocycles. The van der Waals surface area contributed by atoms with Gasteiger partial charge in [0.1, 0.15) is 6.04 Å². The fourth-order valence-electron chi connectivity index (χ4n) is 2.33. The Morgan fingerprint density at radius 3 is 3.12 bits per heavy atom. The van der Waals surface area contributed by atoms with E-state index in [4.69, 9.17) is 5.11 Å². The summed E-state index contributed by atoms with van der Waals surface area (Å²) in [6.45, 7) is 2.10. The number of hydrogen-bond donors (Lipinski definition) is 2. The number of carbonyl (C=O) groups is 1. The van der Waals surface area contributed by atoms with Gasteiger partial charge in [0.25, 0.3) is 0 Å². The van der Waals surface area contributed by atoms with Gasteiger partial charge < -0.3 is 9.67 Å². The van der Waals surface area contributed by atoms with E-state index in [1.165, 1.54) is 0 Å². The molecule has 1 unspecified atom stereocenters. The lowest BCUT2D eigenvalue weighted by molar-refractivity contribution is -0.140. The third-order valence-corrected chi connectivity index (χ3v) is 3.07. The van der Waals surface area contributed by atoms with E-state index in [9.17, 15) is 4.79 Å². The molecule has 1 aliphatic rings. The lowest BCUT2D eigenvalue weighted by Gasteiger charge is -2.29. The molecule has 5 nitrogen and oxygen atoms in total. The van der Waals surface area contributed by atoms with Crippen molar-refractivity contribution in [3.63, 3.8) is 0 Å². The predicted molar refractivity (Wildman–Crippen MR) is 59.1 cm³/mol. The Balaban J connectivity index is 2.31. The van der Waals surface area contributed by atoms with Crippen molar-refractivity contribution in [3.8, 4) is 0 Å². The first-order valence-corrected chi connectivity index (χ1v) is 5.62. The van der Waals surface area contributed by atoms with E-state index in [0.717, 1.165) is 24.2 Å². The molecule has 2 N–H and O–H groups in total. The zero-order valence-electron chi connectivity index (χ0n) is 9.60. The highest BCUT2D eigenvalue weighted by atomic mass is 16.4. The number of nitrogens with one attached hydrogen (secondary N) is 1. The maximum absolute atomic E-state index is 11.0. The van der Waals surface area contributed by atoms with Gasteiger partial charge in [0, 0.05) is 13.5 Å². The Bertz CT molecular complexity index is 400. The highest BCUT2D eigenvalue weighted by Crippen LogP contribution is 2.27. The Labute approximate surface area is 94.5 Å². The van der Waals surface area contributed by atoms with Gasteiger partial charge in [-0.3, -0.25) is 10.1 Å². The van der Waals surface area contributed by atoms with Crippen LogP contribution in [0, 0.1) is 0 Å². The van der Waals surface area contributed by atoms with Crippen molar-refractivity contribution in [2.24, 2.45) is 7.05 Å². The molecule has 5 heteroatoms. The number of rotatable bonds is 3. The normalized spacial score (nSPS) is 24.1. The molecule has 1 aromatic rings. The lowest BCUT2D eigenvalue weighted by atomic mass is 9.96. The highest BCUT2D eigenvalue weighted by Gasteiger charge is 2.32. The summed E-state index contributed by atoms with van der Waals surface area (Å²) in [5.41, 5.74) is 2.06. The summed E-state index contributed by atoms with van der Waals surface area (Å²) in [6, 6.07) is -0.388. The molecule has 0 fully saturated rings. The van der Waals surface area contributed by atoms with Gasteiger partial charge >= 0.3 is 5.97 Å². The SMILES string of the molecule is CCCC1N[C@@H](C(=O)O)Cc2ncn(C)c21. The molecular formula is C11H17N3O2. The zero-order valence-corrected chi connectivity index (χ0v) is 9.60. The first-order valence-electron chi connectivity index (χ1n) is 5.62. The Morgan fingerprint density at radius 1 is 1.75 bits per heavy atom. The molecule has 0 radical (unpaired) electrons. The summed E-state index contributed by atoms with van der Waals surface area (Å²) in [4.78, 5) is 15.3. The first kappa shape index (κ1) is 11.1.